The molecule has 1 amide bonds. The van der Waals surface area contributed by atoms with Crippen molar-refractivity contribution in [1.82, 2.24) is 15.0 Å². The van der Waals surface area contributed by atoms with E-state index in [4.69, 9.17) is 9.26 Å². The smallest absolute Gasteiger partial charge is 0.257 e. The Labute approximate surface area is 170 Å². The molecule has 0 bridgehead atoms. The quantitative estimate of drug-likeness (QED) is 0.628. The minimum Gasteiger partial charge on any atom is -0.494 e. The number of ether oxygens (including phenoxy) is 1. The number of hydrogen-bond donors (Lipinski definition) is 0. The first-order valence-corrected chi connectivity index (χ1v) is 9.94. The van der Waals surface area contributed by atoms with Gasteiger partial charge in [-0.05, 0) is 61.7 Å². The van der Waals surface area contributed by atoms with Crippen molar-refractivity contribution in [2.24, 2.45) is 0 Å². The molecule has 6 nitrogen and oxygen atoms in total. The first-order valence-electron chi connectivity index (χ1n) is 9.94. The van der Waals surface area contributed by atoms with E-state index in [1.54, 1.807) is 0 Å². The Morgan fingerprint density at radius 2 is 2.03 bits per heavy atom. The van der Waals surface area contributed by atoms with Crippen molar-refractivity contribution in [3.8, 4) is 17.2 Å². The highest BCUT2D eigenvalue weighted by atomic mass is 16.5. The molecule has 2 heterocycles. The van der Waals surface area contributed by atoms with Crippen molar-refractivity contribution in [3.63, 3.8) is 0 Å². The molecule has 1 aliphatic rings. The molecule has 0 aliphatic carbocycles. The number of aromatic nitrogens is 2. The summed E-state index contributed by atoms with van der Waals surface area (Å²) in [6.45, 7) is 7.85. The second-order valence-electron chi connectivity index (χ2n) is 7.51. The SMILES string of the molecule is CCOc1cccc(CN2CC(c3noc(-c4ccc(C)c(C)c4)n3)CC2=O)c1. The number of rotatable bonds is 6. The molecule has 2 aromatic carbocycles. The average molecular weight is 391 g/mol. The van der Waals surface area contributed by atoms with E-state index in [0.717, 1.165) is 16.9 Å². The maximum atomic E-state index is 12.5. The van der Waals surface area contributed by atoms with Crippen LogP contribution >= 0.6 is 0 Å². The third-order valence-corrected chi connectivity index (χ3v) is 5.36. The normalized spacial score (nSPS) is 16.4. The predicted molar refractivity (Wildman–Crippen MR) is 110 cm³/mol. The fraction of sp³-hybridized carbons (Fsp3) is 0.348. The molecule has 0 radical (unpaired) electrons. The van der Waals surface area contributed by atoms with Gasteiger partial charge in [-0.2, -0.15) is 4.98 Å². The van der Waals surface area contributed by atoms with E-state index in [1.165, 1.54) is 11.1 Å². The van der Waals surface area contributed by atoms with Crippen LogP contribution in [0.2, 0.25) is 0 Å². The number of hydrogen-bond acceptors (Lipinski definition) is 5. The first kappa shape index (κ1) is 19.2. The van der Waals surface area contributed by atoms with E-state index in [0.29, 0.717) is 37.8 Å². The fourth-order valence-electron chi connectivity index (χ4n) is 3.61. The van der Waals surface area contributed by atoms with Crippen LogP contribution in [0.4, 0.5) is 0 Å². The van der Waals surface area contributed by atoms with Crippen molar-refractivity contribution >= 4 is 5.91 Å². The van der Waals surface area contributed by atoms with Crippen LogP contribution in [0, 0.1) is 13.8 Å². The van der Waals surface area contributed by atoms with Crippen molar-refractivity contribution in [2.75, 3.05) is 13.2 Å². The maximum absolute atomic E-state index is 12.5. The summed E-state index contributed by atoms with van der Waals surface area (Å²) in [5, 5.41) is 4.16. The molecule has 150 valence electrons. The molecular weight excluding hydrogens is 366 g/mol. The van der Waals surface area contributed by atoms with Crippen LogP contribution in [0.15, 0.2) is 47.0 Å². The lowest BCUT2D eigenvalue weighted by molar-refractivity contribution is -0.128. The van der Waals surface area contributed by atoms with Gasteiger partial charge in [0.15, 0.2) is 5.82 Å². The monoisotopic (exact) mass is 391 g/mol. The van der Waals surface area contributed by atoms with Gasteiger partial charge in [-0.15, -0.1) is 0 Å². The van der Waals surface area contributed by atoms with Crippen LogP contribution in [-0.2, 0) is 11.3 Å². The zero-order chi connectivity index (χ0) is 20.4. The highest BCUT2D eigenvalue weighted by Gasteiger charge is 2.33. The predicted octanol–water partition coefficient (Wildman–Crippen LogP) is 4.27. The molecule has 1 atom stereocenters. The Bertz CT molecular complexity index is 1030. The highest BCUT2D eigenvalue weighted by molar-refractivity contribution is 5.79. The van der Waals surface area contributed by atoms with Gasteiger partial charge in [-0.3, -0.25) is 4.79 Å². The Hall–Kier alpha value is -3.15. The van der Waals surface area contributed by atoms with E-state index in [1.807, 2.05) is 54.3 Å². The van der Waals surface area contributed by atoms with Crippen molar-refractivity contribution in [1.29, 1.82) is 0 Å². The molecule has 1 unspecified atom stereocenters. The summed E-state index contributed by atoms with van der Waals surface area (Å²) >= 11 is 0. The molecule has 1 fully saturated rings. The van der Waals surface area contributed by atoms with Gasteiger partial charge in [0.2, 0.25) is 5.91 Å². The summed E-state index contributed by atoms with van der Waals surface area (Å²) in [5.74, 6) is 1.97. The van der Waals surface area contributed by atoms with Crippen molar-refractivity contribution in [3.05, 3.63) is 65.0 Å². The number of aryl methyl sites for hydroxylation is 2. The molecule has 3 aromatic rings. The van der Waals surface area contributed by atoms with E-state index < -0.39 is 0 Å². The number of amides is 1. The average Bonchev–Trinajstić information content (AvgIpc) is 3.32. The van der Waals surface area contributed by atoms with Crippen LogP contribution in [0.3, 0.4) is 0 Å². The van der Waals surface area contributed by atoms with Crippen molar-refractivity contribution < 1.29 is 14.1 Å². The molecule has 6 heteroatoms. The molecule has 0 saturated carbocycles. The lowest BCUT2D eigenvalue weighted by Crippen LogP contribution is -2.24. The van der Waals surface area contributed by atoms with Crippen LogP contribution < -0.4 is 4.74 Å². The van der Waals surface area contributed by atoms with E-state index >= 15 is 0 Å². The second kappa shape index (κ2) is 8.07. The molecule has 0 spiro atoms. The summed E-state index contributed by atoms with van der Waals surface area (Å²) in [6, 6.07) is 13.9. The molecule has 1 aromatic heterocycles. The third-order valence-electron chi connectivity index (χ3n) is 5.36. The van der Waals surface area contributed by atoms with Crippen LogP contribution in [-0.4, -0.2) is 34.1 Å². The maximum Gasteiger partial charge on any atom is 0.257 e. The summed E-state index contributed by atoms with van der Waals surface area (Å²) < 4.78 is 11.0. The zero-order valence-electron chi connectivity index (χ0n) is 17.0. The topological polar surface area (TPSA) is 68.5 Å². The number of carbonyl (C=O) groups is 1. The van der Waals surface area contributed by atoms with Crippen LogP contribution in [0.1, 0.15) is 41.8 Å². The molecular formula is C23H25N3O3. The van der Waals surface area contributed by atoms with E-state index in [-0.39, 0.29) is 11.8 Å². The Balaban J connectivity index is 1.46. The van der Waals surface area contributed by atoms with Gasteiger partial charge in [0.05, 0.1) is 6.61 Å². The lowest BCUT2D eigenvalue weighted by atomic mass is 10.1. The summed E-state index contributed by atoms with van der Waals surface area (Å²) in [5.41, 5.74) is 4.35. The second-order valence-corrected chi connectivity index (χ2v) is 7.51. The van der Waals surface area contributed by atoms with Gasteiger partial charge in [-0.25, -0.2) is 0 Å². The third kappa shape index (κ3) is 4.16. The minimum atomic E-state index is -0.0541. The Morgan fingerprint density at radius 3 is 2.83 bits per heavy atom. The minimum absolute atomic E-state index is 0.0541. The number of nitrogens with zero attached hydrogens (tertiary/aromatic N) is 3. The lowest BCUT2D eigenvalue weighted by Gasteiger charge is -2.16. The van der Waals surface area contributed by atoms with E-state index in [2.05, 4.69) is 24.0 Å². The summed E-state index contributed by atoms with van der Waals surface area (Å²) in [4.78, 5) is 19.0. The number of carbonyl (C=O) groups excluding carboxylic acids is 1. The van der Waals surface area contributed by atoms with Gasteiger partial charge in [0.25, 0.3) is 5.89 Å². The molecule has 0 N–H and O–H groups in total. The van der Waals surface area contributed by atoms with Crippen LogP contribution in [0.25, 0.3) is 11.5 Å². The first-order chi connectivity index (χ1) is 14.0. The zero-order valence-corrected chi connectivity index (χ0v) is 17.0. The Morgan fingerprint density at radius 1 is 1.17 bits per heavy atom. The van der Waals surface area contributed by atoms with Gasteiger partial charge < -0.3 is 14.2 Å². The highest BCUT2D eigenvalue weighted by Crippen LogP contribution is 2.30. The number of likely N-dealkylation sites (tertiary alicyclic amines) is 1. The molecule has 1 saturated heterocycles. The van der Waals surface area contributed by atoms with Gasteiger partial charge in [0, 0.05) is 31.0 Å². The van der Waals surface area contributed by atoms with Crippen molar-refractivity contribution in [2.45, 2.75) is 39.7 Å². The summed E-state index contributed by atoms with van der Waals surface area (Å²) in [6.07, 6.45) is 0.400. The molecule has 1 aliphatic heterocycles. The van der Waals surface area contributed by atoms with Crippen LogP contribution in [0.5, 0.6) is 5.75 Å². The van der Waals surface area contributed by atoms with Gasteiger partial charge >= 0.3 is 0 Å². The molecule has 4 rings (SSSR count). The fourth-order valence-corrected chi connectivity index (χ4v) is 3.61. The van der Waals surface area contributed by atoms with Gasteiger partial charge in [0.1, 0.15) is 5.75 Å². The number of benzene rings is 2. The van der Waals surface area contributed by atoms with E-state index in [9.17, 15) is 4.79 Å². The largest absolute Gasteiger partial charge is 0.494 e. The standard InChI is InChI=1S/C23H25N3O3/c1-4-28-20-7-5-6-17(11-20)13-26-14-19(12-21(26)27)22-24-23(29-25-22)18-9-8-15(2)16(3)10-18/h5-11,19H,4,12-14H2,1-3H3. The summed E-state index contributed by atoms with van der Waals surface area (Å²) in [7, 11) is 0. The Kier molecular flexibility index (Phi) is 5.34. The van der Waals surface area contributed by atoms with Gasteiger partial charge in [-0.1, -0.05) is 23.4 Å². The molecule has 29 heavy (non-hydrogen) atoms.